The zero-order valence-electron chi connectivity index (χ0n) is 27.3. The minimum atomic E-state index is -0.692. The van der Waals surface area contributed by atoms with Crippen molar-refractivity contribution in [2.24, 2.45) is 16.7 Å². The van der Waals surface area contributed by atoms with Crippen LogP contribution in [0.15, 0.2) is 24.3 Å². The minimum absolute atomic E-state index is 0.0429. The van der Waals surface area contributed by atoms with Crippen LogP contribution >= 0.6 is 0 Å². The van der Waals surface area contributed by atoms with Crippen LogP contribution in [0.5, 0.6) is 11.5 Å². The lowest BCUT2D eigenvalue weighted by molar-refractivity contribution is -0.152. The number of carboxylic acid groups (broad SMARTS) is 1. The van der Waals surface area contributed by atoms with Crippen molar-refractivity contribution in [3.05, 3.63) is 35.4 Å². The predicted molar refractivity (Wildman–Crippen MR) is 171 cm³/mol. The van der Waals surface area contributed by atoms with Gasteiger partial charge in [0.25, 0.3) is 0 Å². The maximum Gasteiger partial charge on any atom is 0.407 e. The van der Waals surface area contributed by atoms with Crippen molar-refractivity contribution >= 4 is 6.09 Å². The molecule has 8 rings (SSSR count). The van der Waals surface area contributed by atoms with Crippen LogP contribution in [-0.2, 0) is 12.0 Å². The molecule has 1 spiro atoms. The third kappa shape index (κ3) is 5.24. The summed E-state index contributed by atoms with van der Waals surface area (Å²) in [6, 6.07) is 4.25. The van der Waals surface area contributed by atoms with Gasteiger partial charge in [-0.25, -0.2) is 4.79 Å². The molecule has 7 atom stereocenters. The molecule has 0 aromatic heterocycles. The number of rotatable bonds is 11. The predicted octanol–water partition coefficient (Wildman–Crippen LogP) is 7.29. The fourth-order valence-electron chi connectivity index (χ4n) is 11.7. The number of carbonyl (C=O) groups is 1. The van der Waals surface area contributed by atoms with Gasteiger partial charge in [-0.1, -0.05) is 57.7 Å². The molecule has 2 aliphatic heterocycles. The smallest absolute Gasteiger partial charge is 0.407 e. The van der Waals surface area contributed by atoms with Gasteiger partial charge in [-0.3, -0.25) is 4.90 Å². The maximum absolute atomic E-state index is 12.5. The molecule has 4 saturated carbocycles. The Kier molecular flexibility index (Phi) is 7.75. The number of benzene rings is 1. The first-order valence-corrected chi connectivity index (χ1v) is 17.5. The zero-order chi connectivity index (χ0) is 30.7. The van der Waals surface area contributed by atoms with Crippen LogP contribution < -0.4 is 9.47 Å². The summed E-state index contributed by atoms with van der Waals surface area (Å²) in [4.78, 5) is 17.0. The van der Waals surface area contributed by atoms with Crippen LogP contribution in [0.2, 0.25) is 0 Å². The molecule has 0 saturated heterocycles. The van der Waals surface area contributed by atoms with Gasteiger partial charge in [-0.2, -0.15) is 0 Å². The summed E-state index contributed by atoms with van der Waals surface area (Å²) in [6.07, 6.45) is 18.6. The van der Waals surface area contributed by atoms with E-state index in [1.54, 1.807) is 7.11 Å². The first-order valence-electron chi connectivity index (χ1n) is 17.5. The van der Waals surface area contributed by atoms with Gasteiger partial charge in [-0.05, 0) is 99.3 Å². The molecular weight excluding hydrogens is 552 g/mol. The number of ether oxygens (including phenoxy) is 2. The van der Waals surface area contributed by atoms with Crippen molar-refractivity contribution in [3.63, 3.8) is 0 Å². The Balaban J connectivity index is 0.885. The number of nitrogens with zero attached hydrogens (tertiary/aromatic N) is 2. The molecule has 242 valence electrons. The number of hydrogen-bond acceptors (Lipinski definition) is 5. The Morgan fingerprint density at radius 1 is 1.05 bits per heavy atom. The quantitative estimate of drug-likeness (QED) is 0.203. The highest BCUT2D eigenvalue weighted by Crippen LogP contribution is 2.67. The lowest BCUT2D eigenvalue weighted by Crippen LogP contribution is -2.66. The summed E-state index contributed by atoms with van der Waals surface area (Å²) >= 11 is 0. The highest BCUT2D eigenvalue weighted by atomic mass is 16.5. The second kappa shape index (κ2) is 11.2. The Labute approximate surface area is 264 Å². The molecule has 7 nitrogen and oxygen atoms in total. The van der Waals surface area contributed by atoms with Gasteiger partial charge in [-0.15, -0.1) is 0 Å². The van der Waals surface area contributed by atoms with E-state index in [1.165, 1.54) is 56.1 Å². The molecule has 1 aromatic rings. The lowest BCUT2D eigenvalue weighted by atomic mass is 9.42. The molecule has 2 heterocycles. The number of unbranched alkanes of at least 4 members (excludes halogenated alkanes) is 5. The third-order valence-electron chi connectivity index (χ3n) is 12.5. The number of methoxy groups -OCH3 is 1. The van der Waals surface area contributed by atoms with Crippen molar-refractivity contribution in [1.82, 2.24) is 9.80 Å². The highest BCUT2D eigenvalue weighted by Gasteiger charge is 2.62. The van der Waals surface area contributed by atoms with E-state index in [1.807, 2.05) is 17.0 Å². The third-order valence-corrected chi connectivity index (χ3v) is 12.5. The highest BCUT2D eigenvalue weighted by molar-refractivity contribution is 5.66. The van der Waals surface area contributed by atoms with Crippen LogP contribution in [0.25, 0.3) is 0 Å². The Bertz CT molecular complexity index is 1280. The van der Waals surface area contributed by atoms with Crippen molar-refractivity contribution in [3.8, 4) is 11.5 Å². The number of hydrogen-bond donors (Lipinski definition) is 2. The van der Waals surface area contributed by atoms with E-state index in [-0.39, 0.29) is 17.1 Å². The molecule has 4 bridgehead atoms. The topological polar surface area (TPSA) is 82.5 Å². The van der Waals surface area contributed by atoms with E-state index in [2.05, 4.69) is 30.9 Å². The molecule has 1 aromatic carbocycles. The van der Waals surface area contributed by atoms with Crippen molar-refractivity contribution in [2.75, 3.05) is 26.7 Å². The van der Waals surface area contributed by atoms with Crippen molar-refractivity contribution in [1.29, 1.82) is 0 Å². The van der Waals surface area contributed by atoms with E-state index >= 15 is 0 Å². The number of aliphatic hydroxyl groups is 1. The van der Waals surface area contributed by atoms with Crippen molar-refractivity contribution < 1.29 is 24.5 Å². The first-order chi connectivity index (χ1) is 21.1. The van der Waals surface area contributed by atoms with E-state index < -0.39 is 12.2 Å². The molecule has 2 N–H and O–H groups in total. The van der Waals surface area contributed by atoms with Gasteiger partial charge in [0, 0.05) is 30.6 Å². The normalized spacial score (nSPS) is 38.1. The van der Waals surface area contributed by atoms with Crippen LogP contribution in [-0.4, -0.2) is 70.6 Å². The standard InChI is InChI=1S/C37H54N2O5/c1-34-19-26-20-35(2,23-34)25-36(21-26,24-34)39(33(41)42)16-9-7-5-4-6-8-15-38-17-14-37-13-12-28(40)18-30(37)44-32-29(43-3)11-10-27(22-38)31(32)37/h10-13,26,28,30,40H,4-9,14-25H2,1-3H3,(H,41,42)/t26-,28-,30-,34+,35-,36+,37-/m0/s1. The van der Waals surface area contributed by atoms with Gasteiger partial charge in [0.15, 0.2) is 11.5 Å². The minimum Gasteiger partial charge on any atom is -0.493 e. The average molecular weight is 607 g/mol. The Morgan fingerprint density at radius 3 is 2.48 bits per heavy atom. The molecule has 0 unspecified atom stereocenters. The van der Waals surface area contributed by atoms with Gasteiger partial charge >= 0.3 is 6.09 Å². The van der Waals surface area contributed by atoms with E-state index in [0.29, 0.717) is 29.7 Å². The maximum atomic E-state index is 12.5. The zero-order valence-corrected chi connectivity index (χ0v) is 27.3. The van der Waals surface area contributed by atoms with Crippen LogP contribution in [0, 0.1) is 16.7 Å². The summed E-state index contributed by atoms with van der Waals surface area (Å²) in [5.41, 5.74) is 2.96. The Hall–Kier alpha value is -2.25. The fraction of sp³-hybridized carbons (Fsp3) is 0.757. The van der Waals surface area contributed by atoms with E-state index in [4.69, 9.17) is 9.47 Å². The average Bonchev–Trinajstić information content (AvgIpc) is 3.18. The second-order valence-corrected chi connectivity index (χ2v) is 16.4. The van der Waals surface area contributed by atoms with Crippen LogP contribution in [0.4, 0.5) is 4.79 Å². The molecule has 0 radical (unpaired) electrons. The molecular formula is C37H54N2O5. The summed E-state index contributed by atoms with van der Waals surface area (Å²) in [7, 11) is 1.70. The lowest BCUT2D eigenvalue weighted by Gasteiger charge is -2.67. The monoisotopic (exact) mass is 606 g/mol. The largest absolute Gasteiger partial charge is 0.493 e. The summed E-state index contributed by atoms with van der Waals surface area (Å²) in [5, 5.41) is 20.6. The molecule has 5 aliphatic carbocycles. The summed E-state index contributed by atoms with van der Waals surface area (Å²) in [6.45, 7) is 8.59. The van der Waals surface area contributed by atoms with Crippen molar-refractivity contribution in [2.45, 2.75) is 133 Å². The van der Waals surface area contributed by atoms with Gasteiger partial charge < -0.3 is 24.6 Å². The molecule has 7 aliphatic rings. The first kappa shape index (κ1) is 30.4. The van der Waals surface area contributed by atoms with E-state index in [9.17, 15) is 15.0 Å². The summed E-state index contributed by atoms with van der Waals surface area (Å²) < 4.78 is 12.1. The molecule has 4 fully saturated rings. The van der Waals surface area contributed by atoms with Crippen LogP contribution in [0.1, 0.15) is 115 Å². The Morgan fingerprint density at radius 2 is 1.77 bits per heavy atom. The number of aliphatic hydroxyl groups excluding tert-OH is 1. The molecule has 1 amide bonds. The summed E-state index contributed by atoms with van der Waals surface area (Å²) in [5.74, 6) is 2.38. The van der Waals surface area contributed by atoms with Crippen LogP contribution in [0.3, 0.4) is 0 Å². The SMILES string of the molecule is COc1ccc2c3c1O[C@H]1C[C@@H](O)C=C[C@@]31CCN(CCCCCCCCN(C(=O)O)[C@]13C[C@@H]4C[C@@](C)(C[C@@](C)(C4)C1)C3)C2. The number of amides is 1. The van der Waals surface area contributed by atoms with Gasteiger partial charge in [0.05, 0.1) is 18.6 Å². The van der Waals surface area contributed by atoms with E-state index in [0.717, 1.165) is 69.7 Å². The van der Waals surface area contributed by atoms with Gasteiger partial charge in [0.2, 0.25) is 0 Å². The molecule has 7 heteroatoms. The second-order valence-electron chi connectivity index (χ2n) is 16.4. The fourth-order valence-corrected chi connectivity index (χ4v) is 11.7. The van der Waals surface area contributed by atoms with Gasteiger partial charge in [0.1, 0.15) is 6.10 Å². The molecule has 44 heavy (non-hydrogen) atoms.